The lowest BCUT2D eigenvalue weighted by Gasteiger charge is -2.19. The van der Waals surface area contributed by atoms with Gasteiger partial charge >= 0.3 is 0 Å². The molecule has 0 amide bonds. The average Bonchev–Trinajstić information content (AvgIpc) is 2.70. The Labute approximate surface area is 98.9 Å². The van der Waals surface area contributed by atoms with E-state index in [9.17, 15) is 4.79 Å². The summed E-state index contributed by atoms with van der Waals surface area (Å²) in [5, 5.41) is 5.19. The van der Waals surface area contributed by atoms with Gasteiger partial charge in [0, 0.05) is 13.0 Å². The van der Waals surface area contributed by atoms with Crippen LogP contribution in [0.4, 0.5) is 0 Å². The number of nitrogens with zero attached hydrogens (tertiary/aromatic N) is 3. The van der Waals surface area contributed by atoms with E-state index in [0.29, 0.717) is 17.0 Å². The van der Waals surface area contributed by atoms with E-state index in [0.717, 1.165) is 18.5 Å². The summed E-state index contributed by atoms with van der Waals surface area (Å²) in [6.07, 6.45) is 7.50. The van der Waals surface area contributed by atoms with Crippen LogP contribution in [0.15, 0.2) is 11.1 Å². The highest BCUT2D eigenvalue weighted by Crippen LogP contribution is 2.33. The van der Waals surface area contributed by atoms with Crippen molar-refractivity contribution in [1.82, 2.24) is 19.7 Å². The molecule has 0 unspecified atom stereocenters. The maximum Gasteiger partial charge on any atom is 0.262 e. The minimum atomic E-state index is -0.0660. The molecule has 0 saturated heterocycles. The Kier molecular flexibility index (Phi) is 2.46. The van der Waals surface area contributed by atoms with Gasteiger partial charge in [-0.2, -0.15) is 5.10 Å². The van der Waals surface area contributed by atoms with E-state index in [1.807, 2.05) is 7.05 Å². The van der Waals surface area contributed by atoms with Crippen molar-refractivity contribution in [3.05, 3.63) is 22.4 Å². The first-order valence-electron chi connectivity index (χ1n) is 6.17. The molecule has 0 aromatic carbocycles. The van der Waals surface area contributed by atoms with Crippen LogP contribution in [0.3, 0.4) is 0 Å². The zero-order valence-corrected chi connectivity index (χ0v) is 9.94. The van der Waals surface area contributed by atoms with E-state index in [2.05, 4.69) is 15.1 Å². The van der Waals surface area contributed by atoms with Crippen molar-refractivity contribution in [2.24, 2.45) is 7.05 Å². The van der Waals surface area contributed by atoms with Crippen molar-refractivity contribution in [2.75, 3.05) is 0 Å². The third-order valence-electron chi connectivity index (χ3n) is 3.65. The summed E-state index contributed by atoms with van der Waals surface area (Å²) in [7, 11) is 1.85. The molecule has 1 aliphatic rings. The van der Waals surface area contributed by atoms with E-state index >= 15 is 0 Å². The number of hydrogen-bond donors (Lipinski definition) is 1. The number of fused-ring (bicyclic) bond motifs is 1. The van der Waals surface area contributed by atoms with Crippen LogP contribution in [0.2, 0.25) is 0 Å². The standard InChI is InChI=1S/C12H16N4O/c1-16-11-9(12(17)14-7-13-11)10(15-16)8-5-3-2-4-6-8/h7-8H,2-6H2,1H3,(H,13,14,17). The molecule has 0 bridgehead atoms. The van der Waals surface area contributed by atoms with Crippen LogP contribution in [0.1, 0.15) is 43.7 Å². The first kappa shape index (κ1) is 10.5. The minimum absolute atomic E-state index is 0.0660. The lowest BCUT2D eigenvalue weighted by Crippen LogP contribution is -2.11. The highest BCUT2D eigenvalue weighted by molar-refractivity contribution is 5.77. The Balaban J connectivity index is 2.19. The molecule has 2 aromatic heterocycles. The quantitative estimate of drug-likeness (QED) is 0.814. The molecule has 5 heteroatoms. The zero-order valence-electron chi connectivity index (χ0n) is 9.94. The normalized spacial score (nSPS) is 17.7. The van der Waals surface area contributed by atoms with Gasteiger partial charge in [0.1, 0.15) is 5.39 Å². The largest absolute Gasteiger partial charge is 0.312 e. The number of rotatable bonds is 1. The second-order valence-electron chi connectivity index (χ2n) is 4.77. The number of aryl methyl sites for hydroxylation is 1. The molecule has 0 radical (unpaired) electrons. The van der Waals surface area contributed by atoms with Crippen molar-refractivity contribution in [2.45, 2.75) is 38.0 Å². The highest BCUT2D eigenvalue weighted by Gasteiger charge is 2.23. The smallest absolute Gasteiger partial charge is 0.262 e. The van der Waals surface area contributed by atoms with Crippen LogP contribution in [0, 0.1) is 0 Å². The summed E-state index contributed by atoms with van der Waals surface area (Å²) in [6.45, 7) is 0. The zero-order chi connectivity index (χ0) is 11.8. The summed E-state index contributed by atoms with van der Waals surface area (Å²) in [4.78, 5) is 18.8. The van der Waals surface area contributed by atoms with Crippen LogP contribution in [-0.2, 0) is 7.05 Å². The van der Waals surface area contributed by atoms with Crippen LogP contribution in [0.25, 0.3) is 11.0 Å². The summed E-state index contributed by atoms with van der Waals surface area (Å²) in [6, 6.07) is 0. The molecule has 1 fully saturated rings. The summed E-state index contributed by atoms with van der Waals surface area (Å²) < 4.78 is 1.72. The van der Waals surface area contributed by atoms with Crippen LogP contribution in [0.5, 0.6) is 0 Å². The molecule has 1 aliphatic carbocycles. The van der Waals surface area contributed by atoms with E-state index in [4.69, 9.17) is 0 Å². The number of H-pyrrole nitrogens is 1. The average molecular weight is 232 g/mol. The van der Waals surface area contributed by atoms with Gasteiger partial charge in [0.05, 0.1) is 12.0 Å². The first-order chi connectivity index (χ1) is 8.27. The van der Waals surface area contributed by atoms with Crippen molar-refractivity contribution >= 4 is 11.0 Å². The lowest BCUT2D eigenvalue weighted by molar-refractivity contribution is 0.435. The predicted octanol–water partition coefficient (Wildman–Crippen LogP) is 1.70. The van der Waals surface area contributed by atoms with Gasteiger partial charge in [0.25, 0.3) is 5.56 Å². The van der Waals surface area contributed by atoms with E-state index in [1.165, 1.54) is 25.6 Å². The Morgan fingerprint density at radius 2 is 2.12 bits per heavy atom. The van der Waals surface area contributed by atoms with Gasteiger partial charge in [-0.05, 0) is 12.8 Å². The Morgan fingerprint density at radius 1 is 1.35 bits per heavy atom. The van der Waals surface area contributed by atoms with Gasteiger partial charge < -0.3 is 4.98 Å². The van der Waals surface area contributed by atoms with Crippen molar-refractivity contribution in [3.8, 4) is 0 Å². The third kappa shape index (κ3) is 1.66. The molecule has 0 aliphatic heterocycles. The molecule has 1 saturated carbocycles. The SMILES string of the molecule is Cn1nc(C2CCCCC2)c2c(=O)[nH]cnc21. The molecule has 2 aromatic rings. The van der Waals surface area contributed by atoms with Crippen LogP contribution >= 0.6 is 0 Å². The number of nitrogens with one attached hydrogen (secondary N) is 1. The molecule has 3 rings (SSSR count). The summed E-state index contributed by atoms with van der Waals surface area (Å²) in [5.41, 5.74) is 1.56. The third-order valence-corrected chi connectivity index (χ3v) is 3.65. The first-order valence-corrected chi connectivity index (χ1v) is 6.17. The molecule has 2 heterocycles. The van der Waals surface area contributed by atoms with Gasteiger partial charge in [-0.25, -0.2) is 9.67 Å². The highest BCUT2D eigenvalue weighted by atomic mass is 16.1. The van der Waals surface area contributed by atoms with E-state index in [-0.39, 0.29) is 5.56 Å². The van der Waals surface area contributed by atoms with Crippen molar-refractivity contribution < 1.29 is 0 Å². The van der Waals surface area contributed by atoms with Gasteiger partial charge in [0.2, 0.25) is 0 Å². The Hall–Kier alpha value is -1.65. The topological polar surface area (TPSA) is 63.6 Å². The molecule has 5 nitrogen and oxygen atoms in total. The maximum absolute atomic E-state index is 11.9. The molecule has 17 heavy (non-hydrogen) atoms. The Morgan fingerprint density at radius 3 is 2.88 bits per heavy atom. The summed E-state index contributed by atoms with van der Waals surface area (Å²) in [5.74, 6) is 0.428. The van der Waals surface area contributed by atoms with Crippen LogP contribution in [-0.4, -0.2) is 19.7 Å². The fourth-order valence-corrected chi connectivity index (χ4v) is 2.79. The molecular formula is C12H16N4O. The molecular weight excluding hydrogens is 216 g/mol. The lowest BCUT2D eigenvalue weighted by atomic mass is 9.86. The van der Waals surface area contributed by atoms with Gasteiger partial charge in [-0.15, -0.1) is 0 Å². The maximum atomic E-state index is 11.9. The molecule has 1 N–H and O–H groups in total. The number of aromatic nitrogens is 4. The van der Waals surface area contributed by atoms with Gasteiger partial charge in [-0.3, -0.25) is 4.79 Å². The van der Waals surface area contributed by atoms with Crippen molar-refractivity contribution in [1.29, 1.82) is 0 Å². The van der Waals surface area contributed by atoms with Crippen LogP contribution < -0.4 is 5.56 Å². The fraction of sp³-hybridized carbons (Fsp3) is 0.583. The monoisotopic (exact) mass is 232 g/mol. The fourth-order valence-electron chi connectivity index (χ4n) is 2.79. The predicted molar refractivity (Wildman–Crippen MR) is 65.0 cm³/mol. The minimum Gasteiger partial charge on any atom is -0.312 e. The summed E-state index contributed by atoms with van der Waals surface area (Å²) >= 11 is 0. The second-order valence-corrected chi connectivity index (χ2v) is 4.77. The van der Waals surface area contributed by atoms with Gasteiger partial charge in [0.15, 0.2) is 5.65 Å². The molecule has 0 atom stereocenters. The van der Waals surface area contributed by atoms with Crippen molar-refractivity contribution in [3.63, 3.8) is 0 Å². The Bertz CT molecular complexity index is 592. The molecule has 0 spiro atoms. The van der Waals surface area contributed by atoms with E-state index < -0.39 is 0 Å². The molecule has 90 valence electrons. The number of hydrogen-bond acceptors (Lipinski definition) is 3. The van der Waals surface area contributed by atoms with E-state index in [1.54, 1.807) is 4.68 Å². The van der Waals surface area contributed by atoms with Gasteiger partial charge in [-0.1, -0.05) is 19.3 Å². The number of aromatic amines is 1. The second kappa shape index (κ2) is 3.98.